The van der Waals surface area contributed by atoms with Crippen molar-refractivity contribution >= 4 is 99.4 Å². The lowest BCUT2D eigenvalue weighted by Gasteiger charge is -2.26. The van der Waals surface area contributed by atoms with Crippen molar-refractivity contribution < 1.29 is 0 Å². The van der Waals surface area contributed by atoms with Crippen LogP contribution in [-0.2, 0) is 16.2 Å². The second kappa shape index (κ2) is 32.7. The fourth-order valence-electron chi connectivity index (χ4n) is 19.4. The lowest BCUT2D eigenvalue weighted by molar-refractivity contribution is 0.660. The van der Waals surface area contributed by atoms with Gasteiger partial charge in [-0.25, -0.2) is 0 Å². The molecular weight excluding hydrogens is 1580 g/mol. The quantitative estimate of drug-likeness (QED) is 0.128. The van der Waals surface area contributed by atoms with Crippen molar-refractivity contribution in [2.45, 2.75) is 71.6 Å². The topological polar surface area (TPSA) is 37.2 Å². The van der Waals surface area contributed by atoms with Crippen LogP contribution in [0.1, 0.15) is 86.1 Å². The highest BCUT2D eigenvalue weighted by atomic mass is 79.9. The number of fused-ring (bicyclic) bond motifs is 15. The van der Waals surface area contributed by atoms with Crippen molar-refractivity contribution in [1.82, 2.24) is 9.13 Å². The average Bonchev–Trinajstić information content (AvgIpc) is 1.60. The maximum Gasteiger partial charge on any atom is 0.0542 e. The minimum Gasteiger partial charge on any atom is -0.356 e. The van der Waals surface area contributed by atoms with Crippen molar-refractivity contribution in [1.29, 1.82) is 0 Å². The number of aromatic nitrogens is 2. The Morgan fingerprint density at radius 1 is 0.224 bits per heavy atom. The first-order valence-corrected chi connectivity index (χ1v) is 44.2. The highest BCUT2D eigenvalue weighted by Gasteiger charge is 2.38. The molecule has 5 nitrogen and oxygen atoms in total. The average molecular weight is 1680 g/mol. The van der Waals surface area contributed by atoms with Gasteiger partial charge in [0.2, 0.25) is 0 Å². The van der Waals surface area contributed by atoms with Crippen molar-refractivity contribution in [2.75, 3.05) is 15.5 Å². The number of hydrogen-bond donors (Lipinski definition) is 2. The first-order valence-electron chi connectivity index (χ1n) is 43.4. The molecule has 2 N–H and O–H groups in total. The van der Waals surface area contributed by atoms with Crippen LogP contribution in [0.2, 0.25) is 0 Å². The normalized spacial score (nSPS) is 13.0. The van der Waals surface area contributed by atoms with Gasteiger partial charge in [-0.1, -0.05) is 317 Å². The molecule has 3 aliphatic carbocycles. The molecule has 0 fully saturated rings. The smallest absolute Gasteiger partial charge is 0.0542 e. The zero-order chi connectivity index (χ0) is 85.1. The van der Waals surface area contributed by atoms with Crippen molar-refractivity contribution in [2.24, 2.45) is 0 Å². The summed E-state index contributed by atoms with van der Waals surface area (Å²) in [7, 11) is 0. The Kier molecular flexibility index (Phi) is 20.6. The van der Waals surface area contributed by atoms with E-state index in [1.165, 1.54) is 166 Å². The van der Waals surface area contributed by atoms with E-state index in [0.717, 1.165) is 44.3 Å². The molecule has 0 saturated carbocycles. The minimum absolute atomic E-state index is 0.0210. The second-order valence-corrected chi connectivity index (χ2v) is 35.8. The van der Waals surface area contributed by atoms with Crippen LogP contribution in [0, 0.1) is 13.8 Å². The van der Waals surface area contributed by atoms with Gasteiger partial charge in [0.1, 0.15) is 0 Å². The van der Waals surface area contributed by atoms with Gasteiger partial charge in [0.25, 0.3) is 0 Å². The Hall–Kier alpha value is -14.6. The maximum absolute atomic E-state index is 3.59. The number of hydrogen-bond acceptors (Lipinski definition) is 3. The molecule has 0 spiro atoms. The van der Waals surface area contributed by atoms with Gasteiger partial charge in [0.15, 0.2) is 0 Å². The molecule has 6 heteroatoms. The number of nitrogens with zero attached hydrogens (tertiary/aromatic N) is 3. The number of rotatable bonds is 12. The van der Waals surface area contributed by atoms with Gasteiger partial charge >= 0.3 is 0 Å². The summed E-state index contributed by atoms with van der Waals surface area (Å²) >= 11 is 3.59. The van der Waals surface area contributed by atoms with E-state index in [9.17, 15) is 0 Å². The van der Waals surface area contributed by atoms with Gasteiger partial charge in [-0.3, -0.25) is 0 Å². The Morgan fingerprint density at radius 3 is 0.896 bits per heavy atom. The number of nitrogens with one attached hydrogen (secondary N) is 2. The third-order valence-electron chi connectivity index (χ3n) is 25.9. The van der Waals surface area contributed by atoms with E-state index < -0.39 is 0 Å². The number of aryl methyl sites for hydroxylation is 2. The Balaban J connectivity index is 0.000000111. The highest BCUT2D eigenvalue weighted by Crippen LogP contribution is 2.54. The molecule has 125 heavy (non-hydrogen) atoms. The van der Waals surface area contributed by atoms with E-state index in [2.05, 4.69) is 484 Å². The Bertz CT molecular complexity index is 7160. The summed E-state index contributed by atoms with van der Waals surface area (Å²) in [5, 5.41) is 12.0. The van der Waals surface area contributed by atoms with Crippen LogP contribution in [0.15, 0.2) is 429 Å². The van der Waals surface area contributed by atoms with Crippen LogP contribution in [0.25, 0.3) is 122 Å². The molecule has 2 heterocycles. The standard InChI is InChI=1S/C46H36N2.2C27H23N.C19H14BrN/c1-31-18-26-44-40(28-31)41-30-37(24-27-45(41)48(44)35-14-8-5-9-15-35)47(34-12-6-4-7-13-34)36-22-19-32(20-23-36)33-21-25-39-38-16-10-11-17-42(38)46(2,3)43(39)29-33;2*1-27(2)25-11-7-6-10-23(25)24-17-14-20(18-26(24)27)19-12-15-22(16-13-19)28-21-8-4-3-5-9-21;1-13-7-9-18-16(11-13)17-12-14(20)8-10-19(17)21(18)15-5-3-2-4-6-15/h4-30H,1-3H3;2*3-18,28H,1-2H3;2-12H,1H3. The van der Waals surface area contributed by atoms with Crippen molar-refractivity contribution in [3.63, 3.8) is 0 Å². The summed E-state index contributed by atoms with van der Waals surface area (Å²) in [4.78, 5) is 2.37. The molecule has 2 aromatic heterocycles. The molecule has 0 radical (unpaired) electrons. The number of benzene rings is 18. The molecule has 0 saturated heterocycles. The predicted molar refractivity (Wildman–Crippen MR) is 535 cm³/mol. The molecule has 18 aromatic carbocycles. The van der Waals surface area contributed by atoms with Gasteiger partial charge in [0, 0.05) is 93.4 Å². The van der Waals surface area contributed by atoms with E-state index in [4.69, 9.17) is 0 Å². The second-order valence-electron chi connectivity index (χ2n) is 34.9. The predicted octanol–water partition coefficient (Wildman–Crippen LogP) is 33.2. The summed E-state index contributed by atoms with van der Waals surface area (Å²) in [6, 6.07) is 153. The third-order valence-corrected chi connectivity index (χ3v) is 26.4. The van der Waals surface area contributed by atoms with E-state index in [1.807, 2.05) is 36.4 Å². The highest BCUT2D eigenvalue weighted by molar-refractivity contribution is 9.10. The third kappa shape index (κ3) is 14.9. The first kappa shape index (κ1) is 78.9. The largest absolute Gasteiger partial charge is 0.356 e. The van der Waals surface area contributed by atoms with Gasteiger partial charge in [-0.05, 0) is 290 Å². The van der Waals surface area contributed by atoms with Gasteiger partial charge in [0.05, 0.1) is 22.1 Å². The molecule has 0 amide bonds. The van der Waals surface area contributed by atoms with Crippen LogP contribution in [-0.4, -0.2) is 9.13 Å². The molecule has 0 atom stereocenters. The number of halogens is 1. The zero-order valence-electron chi connectivity index (χ0n) is 71.6. The lowest BCUT2D eigenvalue weighted by Crippen LogP contribution is -2.14. The lowest BCUT2D eigenvalue weighted by atomic mass is 9.81. The van der Waals surface area contributed by atoms with Crippen LogP contribution in [0.5, 0.6) is 0 Å². The van der Waals surface area contributed by atoms with Crippen LogP contribution in [0.4, 0.5) is 39.8 Å². The summed E-state index contributed by atoms with van der Waals surface area (Å²) in [6.45, 7) is 18.3. The molecule has 23 rings (SSSR count). The monoisotopic (exact) mass is 1670 g/mol. The Morgan fingerprint density at radius 2 is 0.504 bits per heavy atom. The summed E-state index contributed by atoms with van der Waals surface area (Å²) in [5.74, 6) is 0. The molecule has 3 aliphatic rings. The molecule has 0 bridgehead atoms. The SMILES string of the molecule is CC1(C)c2ccccc2-c2ccc(-c3ccc(Nc4ccccc4)cc3)cc21.CC1(C)c2ccccc2-c2ccc(-c3ccc(Nc4ccccc4)cc3)cc21.Cc1ccc2c(c1)c1cc(Br)ccc1n2-c1ccccc1.Cc1ccc2c(c1)c1cc(N(c3ccccc3)c3ccc(-c4ccc5c(c4)C(C)(C)c4ccccc4-5)cc3)ccc1n2-c1ccccc1. The van der Waals surface area contributed by atoms with Crippen LogP contribution < -0.4 is 15.5 Å². The fourth-order valence-corrected chi connectivity index (χ4v) is 19.8. The van der Waals surface area contributed by atoms with Gasteiger partial charge in [-0.15, -0.1) is 0 Å². The van der Waals surface area contributed by atoms with Gasteiger partial charge < -0.3 is 24.7 Å². The van der Waals surface area contributed by atoms with E-state index in [1.54, 1.807) is 0 Å². The van der Waals surface area contributed by atoms with Gasteiger partial charge in [-0.2, -0.15) is 0 Å². The number of para-hydroxylation sites is 5. The zero-order valence-corrected chi connectivity index (χ0v) is 73.2. The molecular formula is C119H96BrN5. The number of anilines is 7. The Labute approximate surface area is 742 Å². The molecule has 0 unspecified atom stereocenters. The summed E-state index contributed by atoms with van der Waals surface area (Å²) in [6.07, 6.45) is 0. The molecule has 604 valence electrons. The van der Waals surface area contributed by atoms with E-state index >= 15 is 0 Å². The summed E-state index contributed by atoms with van der Waals surface area (Å²) in [5.41, 5.74) is 41.8. The van der Waals surface area contributed by atoms with Crippen molar-refractivity contribution in [3.05, 3.63) is 474 Å². The van der Waals surface area contributed by atoms with E-state index in [-0.39, 0.29) is 16.2 Å². The molecule has 20 aromatic rings. The first-order chi connectivity index (χ1) is 61.0. The minimum atomic E-state index is -0.0210. The van der Waals surface area contributed by atoms with Crippen LogP contribution >= 0.6 is 15.9 Å². The fraction of sp³-hybridized carbons (Fsp3) is 0.0924. The maximum atomic E-state index is 3.59. The molecule has 0 aliphatic heterocycles. The summed E-state index contributed by atoms with van der Waals surface area (Å²) < 4.78 is 5.83. The van der Waals surface area contributed by atoms with Crippen molar-refractivity contribution in [3.8, 4) is 78.1 Å². The van der Waals surface area contributed by atoms with E-state index in [0.29, 0.717) is 0 Å². The van der Waals surface area contributed by atoms with Crippen LogP contribution in [0.3, 0.4) is 0 Å².